The predicted molar refractivity (Wildman–Crippen MR) is 122 cm³/mol. The molecule has 5 nitrogen and oxygen atoms in total. The lowest BCUT2D eigenvalue weighted by Gasteiger charge is -2.25. The van der Waals surface area contributed by atoms with Crippen LogP contribution < -0.4 is 0 Å². The minimum atomic E-state index is -0.546. The van der Waals surface area contributed by atoms with Crippen molar-refractivity contribution in [3.63, 3.8) is 0 Å². The molecule has 1 aliphatic rings. The average Bonchev–Trinajstić information content (AvgIpc) is 3.38. The van der Waals surface area contributed by atoms with Crippen LogP contribution in [-0.2, 0) is 14.9 Å². The Hall–Kier alpha value is -2.86. The van der Waals surface area contributed by atoms with Crippen molar-refractivity contribution in [3.05, 3.63) is 71.5 Å². The molecular formula is C25H26N2O3S. The topological polar surface area (TPSA) is 72.0 Å². The van der Waals surface area contributed by atoms with Crippen LogP contribution in [0.2, 0.25) is 0 Å². The third-order valence-electron chi connectivity index (χ3n) is 5.81. The predicted octanol–water partition coefficient (Wildman–Crippen LogP) is 5.40. The number of aromatic nitrogens is 2. The van der Waals surface area contributed by atoms with E-state index < -0.39 is 5.41 Å². The monoisotopic (exact) mass is 434 g/mol. The summed E-state index contributed by atoms with van der Waals surface area (Å²) in [5.74, 6) is 0.523. The van der Waals surface area contributed by atoms with Crippen molar-refractivity contribution in [1.29, 1.82) is 0 Å². The van der Waals surface area contributed by atoms with Gasteiger partial charge in [-0.1, -0.05) is 73.1 Å². The van der Waals surface area contributed by atoms with E-state index >= 15 is 0 Å². The van der Waals surface area contributed by atoms with Crippen LogP contribution in [0.25, 0.3) is 11.1 Å². The number of aldehydes is 1. The van der Waals surface area contributed by atoms with Crippen LogP contribution in [0.15, 0.2) is 59.9 Å². The second kappa shape index (κ2) is 9.52. The van der Waals surface area contributed by atoms with Crippen LogP contribution in [0, 0.1) is 0 Å². The Morgan fingerprint density at radius 1 is 1.06 bits per heavy atom. The first-order chi connectivity index (χ1) is 15.2. The second-order valence-electron chi connectivity index (χ2n) is 7.66. The molecule has 1 heterocycles. The number of thioether (sulfide) groups is 1. The van der Waals surface area contributed by atoms with Gasteiger partial charge in [0.05, 0.1) is 18.2 Å². The Labute approximate surface area is 186 Å². The van der Waals surface area contributed by atoms with Gasteiger partial charge in [0.25, 0.3) is 0 Å². The minimum absolute atomic E-state index is 0.345. The van der Waals surface area contributed by atoms with Crippen LogP contribution in [-0.4, -0.2) is 34.6 Å². The number of carbonyl (C=O) groups excluding carboxylic acids is 2. The maximum Gasteiger partial charge on any atom is 0.356 e. The molecule has 0 unspecified atom stereocenters. The summed E-state index contributed by atoms with van der Waals surface area (Å²) < 4.78 is 4.97. The van der Waals surface area contributed by atoms with Crippen LogP contribution in [0.4, 0.5) is 0 Å². The molecule has 0 spiro atoms. The third kappa shape index (κ3) is 4.17. The fourth-order valence-corrected chi connectivity index (χ4v) is 5.21. The molecule has 3 aromatic rings. The molecule has 0 radical (unpaired) electrons. The van der Waals surface area contributed by atoms with Gasteiger partial charge in [-0.2, -0.15) is 0 Å². The number of hydrogen-bond acceptors (Lipinski definition) is 5. The summed E-state index contributed by atoms with van der Waals surface area (Å²) in [7, 11) is 0. The first kappa shape index (κ1) is 21.4. The van der Waals surface area contributed by atoms with Gasteiger partial charge in [0.15, 0.2) is 5.16 Å². The van der Waals surface area contributed by atoms with E-state index in [0.717, 1.165) is 54.0 Å². The van der Waals surface area contributed by atoms with Gasteiger partial charge in [-0.25, -0.2) is 9.78 Å². The molecule has 1 N–H and O–H groups in total. The smallest absolute Gasteiger partial charge is 0.356 e. The van der Waals surface area contributed by atoms with E-state index in [1.54, 1.807) is 18.7 Å². The number of rotatable bonds is 10. The lowest BCUT2D eigenvalue weighted by atomic mass is 9.75. The number of unbranched alkanes of at least 4 members (excludes halogenated alkanes) is 2. The molecular weight excluding hydrogens is 408 g/mol. The first-order valence-electron chi connectivity index (χ1n) is 10.7. The highest BCUT2D eigenvalue weighted by atomic mass is 32.2. The molecule has 6 heteroatoms. The highest BCUT2D eigenvalue weighted by Crippen LogP contribution is 2.50. The van der Waals surface area contributed by atoms with Crippen molar-refractivity contribution in [3.8, 4) is 11.1 Å². The van der Waals surface area contributed by atoms with Gasteiger partial charge in [-0.05, 0) is 42.0 Å². The fourth-order valence-electron chi connectivity index (χ4n) is 4.35. The summed E-state index contributed by atoms with van der Waals surface area (Å²) in [6, 6.07) is 16.5. The molecule has 0 saturated carbocycles. The summed E-state index contributed by atoms with van der Waals surface area (Å²) in [4.78, 5) is 31.3. The number of carbonyl (C=O) groups is 2. The molecule has 31 heavy (non-hydrogen) atoms. The summed E-state index contributed by atoms with van der Waals surface area (Å²) in [5.41, 5.74) is 4.45. The van der Waals surface area contributed by atoms with Crippen LogP contribution in [0.1, 0.15) is 54.2 Å². The van der Waals surface area contributed by atoms with Crippen LogP contribution in [0.3, 0.4) is 0 Å². The lowest BCUT2D eigenvalue weighted by Crippen LogP contribution is -2.27. The zero-order valence-electron chi connectivity index (χ0n) is 17.6. The van der Waals surface area contributed by atoms with Crippen LogP contribution >= 0.6 is 11.8 Å². The van der Waals surface area contributed by atoms with E-state index in [-0.39, 0.29) is 5.97 Å². The number of aromatic amines is 1. The fraction of sp³-hybridized carbons (Fsp3) is 0.320. The lowest BCUT2D eigenvalue weighted by molar-refractivity contribution is -0.111. The highest BCUT2D eigenvalue weighted by Gasteiger charge is 2.42. The van der Waals surface area contributed by atoms with Crippen molar-refractivity contribution < 1.29 is 14.3 Å². The largest absolute Gasteiger partial charge is 0.461 e. The number of nitrogens with zero attached hydrogens (tertiary/aromatic N) is 1. The Kier molecular flexibility index (Phi) is 6.56. The number of hydrogen-bond donors (Lipinski definition) is 1. The van der Waals surface area contributed by atoms with Crippen molar-refractivity contribution >= 4 is 24.0 Å². The second-order valence-corrected chi connectivity index (χ2v) is 8.75. The van der Waals surface area contributed by atoms with Crippen molar-refractivity contribution in [1.82, 2.24) is 9.97 Å². The molecule has 0 saturated heterocycles. The number of benzene rings is 2. The molecule has 0 bridgehead atoms. The number of H-pyrrole nitrogens is 1. The summed E-state index contributed by atoms with van der Waals surface area (Å²) in [6.07, 6.45) is 6.48. The third-order valence-corrected chi connectivity index (χ3v) is 6.78. The van der Waals surface area contributed by atoms with Gasteiger partial charge in [0, 0.05) is 5.75 Å². The maximum atomic E-state index is 12.4. The Balaban J connectivity index is 1.33. The van der Waals surface area contributed by atoms with Crippen molar-refractivity contribution in [2.45, 2.75) is 43.2 Å². The number of ether oxygens (including phenoxy) is 1. The Morgan fingerprint density at radius 3 is 2.39 bits per heavy atom. The molecule has 0 amide bonds. The zero-order chi connectivity index (χ0) is 21.7. The van der Waals surface area contributed by atoms with Crippen molar-refractivity contribution in [2.75, 3.05) is 12.4 Å². The molecule has 160 valence electrons. The van der Waals surface area contributed by atoms with Gasteiger partial charge in [-0.15, -0.1) is 0 Å². The molecule has 0 aliphatic heterocycles. The number of imidazole rings is 1. The van der Waals surface area contributed by atoms with Gasteiger partial charge >= 0.3 is 5.97 Å². The molecule has 4 rings (SSSR count). The molecule has 0 fully saturated rings. The molecule has 2 aromatic carbocycles. The zero-order valence-corrected chi connectivity index (χ0v) is 18.4. The Bertz CT molecular complexity index is 1030. The first-order valence-corrected chi connectivity index (χ1v) is 11.7. The average molecular weight is 435 g/mol. The number of nitrogens with one attached hydrogen (secondary N) is 1. The molecule has 1 aromatic heterocycles. The van der Waals surface area contributed by atoms with Crippen molar-refractivity contribution in [2.24, 2.45) is 0 Å². The van der Waals surface area contributed by atoms with Gasteiger partial charge in [-0.3, -0.25) is 0 Å². The molecule has 1 aliphatic carbocycles. The maximum absolute atomic E-state index is 12.4. The van der Waals surface area contributed by atoms with E-state index in [0.29, 0.717) is 12.3 Å². The van der Waals surface area contributed by atoms with E-state index in [1.165, 1.54) is 17.3 Å². The van der Waals surface area contributed by atoms with E-state index in [2.05, 4.69) is 34.2 Å². The number of fused-ring (bicyclic) bond motifs is 3. The summed E-state index contributed by atoms with van der Waals surface area (Å²) in [5, 5.41) is 0.728. The van der Waals surface area contributed by atoms with Gasteiger partial charge < -0.3 is 14.5 Å². The van der Waals surface area contributed by atoms with E-state index in [4.69, 9.17) is 4.74 Å². The highest BCUT2D eigenvalue weighted by molar-refractivity contribution is 7.99. The quantitative estimate of drug-likeness (QED) is 0.200. The normalized spacial score (nSPS) is 13.5. The van der Waals surface area contributed by atoms with Gasteiger partial charge in [0.2, 0.25) is 0 Å². The Morgan fingerprint density at radius 2 is 1.74 bits per heavy atom. The van der Waals surface area contributed by atoms with Crippen LogP contribution in [0.5, 0.6) is 0 Å². The molecule has 0 atom stereocenters. The summed E-state index contributed by atoms with van der Waals surface area (Å²) >= 11 is 1.60. The standard InChI is InChI=1S/C25H26N2O3S/c1-2-30-23(29)22-16-26-24(27-22)31-15-9-3-8-14-25(17-28)20-12-6-4-10-18(20)19-11-5-7-13-21(19)25/h4-7,10-13,16-17H,2-3,8-9,14-15H2,1H3,(H,26,27). The van der Waals surface area contributed by atoms with E-state index in [9.17, 15) is 9.59 Å². The van der Waals surface area contributed by atoms with E-state index in [1.807, 2.05) is 24.3 Å². The SMILES string of the molecule is CCOC(=O)c1cnc(SCCCCCC2(C=O)c3ccccc3-c3ccccc32)[nH]1. The van der Waals surface area contributed by atoms with Gasteiger partial charge in [0.1, 0.15) is 12.0 Å². The number of esters is 1. The summed E-state index contributed by atoms with van der Waals surface area (Å²) in [6.45, 7) is 2.12. The minimum Gasteiger partial charge on any atom is -0.461 e.